The van der Waals surface area contributed by atoms with Crippen LogP contribution in [0.1, 0.15) is 24.1 Å². The number of hydrogen-bond acceptors (Lipinski definition) is 4. The van der Waals surface area contributed by atoms with Crippen LogP contribution in [0.2, 0.25) is 0 Å². The first-order valence-corrected chi connectivity index (χ1v) is 8.73. The van der Waals surface area contributed by atoms with Crippen LogP contribution in [-0.2, 0) is 9.53 Å². The smallest absolute Gasteiger partial charge is 0.338 e. The Kier molecular flexibility index (Phi) is 5.53. The summed E-state index contributed by atoms with van der Waals surface area (Å²) in [5.74, 6) is 0.248. The van der Waals surface area contributed by atoms with Crippen molar-refractivity contribution in [2.45, 2.75) is 13.0 Å². The van der Waals surface area contributed by atoms with E-state index in [1.807, 2.05) is 54.6 Å². The summed E-state index contributed by atoms with van der Waals surface area (Å²) in [6.45, 7) is 2.07. The Labute approximate surface area is 158 Å². The molecule has 0 saturated heterocycles. The number of para-hydroxylation sites is 1. The maximum Gasteiger partial charge on any atom is 0.338 e. The molecule has 2 aromatic rings. The van der Waals surface area contributed by atoms with Crippen LogP contribution in [0.25, 0.3) is 5.70 Å². The SMILES string of the molecule is CCOC(=O)C1=C(c2ccccc2OC)NC(=S)NC1c1ccccc1. The van der Waals surface area contributed by atoms with Gasteiger partial charge in [0.25, 0.3) is 0 Å². The molecule has 0 saturated carbocycles. The van der Waals surface area contributed by atoms with Crippen molar-refractivity contribution < 1.29 is 14.3 Å². The Morgan fingerprint density at radius 3 is 2.50 bits per heavy atom. The van der Waals surface area contributed by atoms with Crippen molar-refractivity contribution in [2.75, 3.05) is 13.7 Å². The van der Waals surface area contributed by atoms with Gasteiger partial charge in [-0.15, -0.1) is 0 Å². The Balaban J connectivity index is 2.22. The zero-order valence-electron chi connectivity index (χ0n) is 14.6. The molecule has 2 N–H and O–H groups in total. The third-order valence-electron chi connectivity index (χ3n) is 4.08. The predicted molar refractivity (Wildman–Crippen MR) is 105 cm³/mol. The zero-order valence-corrected chi connectivity index (χ0v) is 15.4. The molecule has 1 aliphatic rings. The number of carbonyl (C=O) groups is 1. The third-order valence-corrected chi connectivity index (χ3v) is 4.30. The molecule has 0 spiro atoms. The van der Waals surface area contributed by atoms with E-state index in [2.05, 4.69) is 10.6 Å². The first-order valence-electron chi connectivity index (χ1n) is 8.32. The third kappa shape index (κ3) is 3.55. The number of rotatable bonds is 5. The van der Waals surface area contributed by atoms with Crippen molar-refractivity contribution in [1.82, 2.24) is 10.6 Å². The average molecular weight is 368 g/mol. The van der Waals surface area contributed by atoms with Crippen LogP contribution in [0.3, 0.4) is 0 Å². The van der Waals surface area contributed by atoms with E-state index in [4.69, 9.17) is 21.7 Å². The number of carbonyl (C=O) groups excluding carboxylic acids is 1. The highest BCUT2D eigenvalue weighted by Gasteiger charge is 2.33. The minimum atomic E-state index is -0.413. The van der Waals surface area contributed by atoms with Gasteiger partial charge in [-0.3, -0.25) is 0 Å². The van der Waals surface area contributed by atoms with Crippen LogP contribution in [0.5, 0.6) is 5.75 Å². The molecule has 1 aliphatic heterocycles. The van der Waals surface area contributed by atoms with Gasteiger partial charge in [0.15, 0.2) is 5.11 Å². The standard InChI is InChI=1S/C20H20N2O3S/c1-3-25-19(23)16-17(13-9-5-4-6-10-13)21-20(26)22-18(16)14-11-7-8-12-15(14)24-2/h4-12,17H,3H2,1-2H3,(H2,21,22,26). The Bertz CT molecular complexity index is 849. The van der Waals surface area contributed by atoms with Crippen LogP contribution in [0.4, 0.5) is 0 Å². The van der Waals surface area contributed by atoms with Gasteiger partial charge in [-0.25, -0.2) is 4.79 Å². The van der Waals surface area contributed by atoms with Gasteiger partial charge in [0.2, 0.25) is 0 Å². The maximum atomic E-state index is 12.8. The summed E-state index contributed by atoms with van der Waals surface area (Å²) >= 11 is 5.39. The highest BCUT2D eigenvalue weighted by Crippen LogP contribution is 2.35. The Morgan fingerprint density at radius 2 is 1.81 bits per heavy atom. The Morgan fingerprint density at radius 1 is 1.12 bits per heavy atom. The first-order chi connectivity index (χ1) is 12.7. The summed E-state index contributed by atoms with van der Waals surface area (Å²) in [5, 5.41) is 6.73. The molecular formula is C20H20N2O3S. The lowest BCUT2D eigenvalue weighted by Crippen LogP contribution is -2.45. The summed E-state index contributed by atoms with van der Waals surface area (Å²) in [6, 6.07) is 16.8. The van der Waals surface area contributed by atoms with Crippen molar-refractivity contribution in [1.29, 1.82) is 0 Å². The van der Waals surface area contributed by atoms with Crippen LogP contribution in [0.15, 0.2) is 60.2 Å². The molecule has 1 atom stereocenters. The fraction of sp³-hybridized carbons (Fsp3) is 0.200. The zero-order chi connectivity index (χ0) is 18.5. The average Bonchev–Trinajstić information content (AvgIpc) is 2.68. The Hall–Kier alpha value is -2.86. The fourth-order valence-corrected chi connectivity index (χ4v) is 3.17. The molecule has 6 heteroatoms. The minimum absolute atomic E-state index is 0.285. The normalized spacial score (nSPS) is 16.5. The van der Waals surface area contributed by atoms with E-state index in [1.165, 1.54) is 0 Å². The van der Waals surface area contributed by atoms with Gasteiger partial charge in [0.1, 0.15) is 5.75 Å². The van der Waals surface area contributed by atoms with Gasteiger partial charge in [-0.1, -0.05) is 42.5 Å². The van der Waals surface area contributed by atoms with Gasteiger partial charge in [0.05, 0.1) is 31.0 Å². The summed E-state index contributed by atoms with van der Waals surface area (Å²) in [4.78, 5) is 12.8. The van der Waals surface area contributed by atoms with E-state index in [9.17, 15) is 4.79 Å². The number of benzene rings is 2. The van der Waals surface area contributed by atoms with Crippen LogP contribution in [0, 0.1) is 0 Å². The highest BCUT2D eigenvalue weighted by atomic mass is 32.1. The molecule has 0 fully saturated rings. The quantitative estimate of drug-likeness (QED) is 0.624. The van der Waals surface area contributed by atoms with E-state index in [1.54, 1.807) is 14.0 Å². The number of esters is 1. The van der Waals surface area contributed by atoms with Gasteiger partial charge in [-0.2, -0.15) is 0 Å². The van der Waals surface area contributed by atoms with E-state index >= 15 is 0 Å². The molecule has 0 aliphatic carbocycles. The predicted octanol–water partition coefficient (Wildman–Crippen LogP) is 3.19. The molecule has 0 radical (unpaired) electrons. The van der Waals surface area contributed by atoms with E-state index in [-0.39, 0.29) is 6.61 Å². The lowest BCUT2D eigenvalue weighted by atomic mass is 9.92. The summed E-state index contributed by atoms with van der Waals surface area (Å²) in [5.41, 5.74) is 2.74. The largest absolute Gasteiger partial charge is 0.496 e. The number of ether oxygens (including phenoxy) is 2. The molecule has 134 valence electrons. The topological polar surface area (TPSA) is 59.6 Å². The van der Waals surface area contributed by atoms with Gasteiger partial charge < -0.3 is 20.1 Å². The first kappa shape index (κ1) is 17.9. The van der Waals surface area contributed by atoms with Crippen molar-refractivity contribution in [3.8, 4) is 5.75 Å². The lowest BCUT2D eigenvalue weighted by molar-refractivity contribution is -0.138. The number of nitrogens with one attached hydrogen (secondary N) is 2. The van der Waals surface area contributed by atoms with Crippen LogP contribution in [-0.4, -0.2) is 24.8 Å². The molecular weight excluding hydrogens is 348 g/mol. The van der Waals surface area contributed by atoms with Gasteiger partial charge in [-0.05, 0) is 36.8 Å². The molecule has 1 unspecified atom stereocenters. The van der Waals surface area contributed by atoms with Crippen LogP contribution < -0.4 is 15.4 Å². The molecule has 1 heterocycles. The van der Waals surface area contributed by atoms with Gasteiger partial charge in [0, 0.05) is 5.56 Å². The molecule has 2 aromatic carbocycles. The van der Waals surface area contributed by atoms with E-state index in [0.717, 1.165) is 11.1 Å². The van der Waals surface area contributed by atoms with Crippen LogP contribution >= 0.6 is 12.2 Å². The minimum Gasteiger partial charge on any atom is -0.496 e. The monoisotopic (exact) mass is 368 g/mol. The van der Waals surface area contributed by atoms with E-state index in [0.29, 0.717) is 22.1 Å². The molecule has 0 amide bonds. The number of hydrogen-bond donors (Lipinski definition) is 2. The highest BCUT2D eigenvalue weighted by molar-refractivity contribution is 7.80. The second-order valence-electron chi connectivity index (χ2n) is 5.65. The van der Waals surface area contributed by atoms with E-state index < -0.39 is 12.0 Å². The molecule has 3 rings (SSSR count). The van der Waals surface area contributed by atoms with Crippen molar-refractivity contribution in [3.63, 3.8) is 0 Å². The fourth-order valence-electron chi connectivity index (χ4n) is 2.95. The van der Waals surface area contributed by atoms with Crippen molar-refractivity contribution >= 4 is 29.0 Å². The molecule has 0 bridgehead atoms. The second-order valence-corrected chi connectivity index (χ2v) is 6.06. The van der Waals surface area contributed by atoms with Crippen molar-refractivity contribution in [3.05, 3.63) is 71.3 Å². The molecule has 5 nitrogen and oxygen atoms in total. The van der Waals surface area contributed by atoms with Gasteiger partial charge >= 0.3 is 5.97 Å². The number of thiocarbonyl (C=S) groups is 1. The second kappa shape index (κ2) is 8.01. The number of methoxy groups -OCH3 is 1. The lowest BCUT2D eigenvalue weighted by Gasteiger charge is -2.31. The maximum absolute atomic E-state index is 12.8. The summed E-state index contributed by atoms with van der Waals surface area (Å²) in [7, 11) is 1.59. The van der Waals surface area contributed by atoms with Crippen molar-refractivity contribution in [2.24, 2.45) is 0 Å². The summed E-state index contributed by atoms with van der Waals surface area (Å²) < 4.78 is 10.8. The summed E-state index contributed by atoms with van der Waals surface area (Å²) in [6.07, 6.45) is 0. The molecule has 0 aromatic heterocycles. The molecule has 26 heavy (non-hydrogen) atoms.